The summed E-state index contributed by atoms with van der Waals surface area (Å²) in [5.74, 6) is -0.412. The van der Waals surface area contributed by atoms with E-state index in [1.807, 2.05) is 0 Å². The van der Waals surface area contributed by atoms with Crippen molar-refractivity contribution >= 4 is 69.6 Å². The highest BCUT2D eigenvalue weighted by Crippen LogP contribution is 2.67. The summed E-state index contributed by atoms with van der Waals surface area (Å²) in [6, 6.07) is 0. The molecule has 1 nitrogen and oxygen atoms in total. The van der Waals surface area contributed by atoms with E-state index in [4.69, 9.17) is 69.6 Å². The predicted octanol–water partition coefficient (Wildman–Crippen LogP) is 3.52. The highest BCUT2D eigenvalue weighted by molar-refractivity contribution is 6.59. The van der Waals surface area contributed by atoms with Crippen molar-refractivity contribution < 1.29 is 5.11 Å². The maximum Gasteiger partial charge on any atom is 0.163 e. The van der Waals surface area contributed by atoms with E-state index < -0.39 is 31.4 Å². The van der Waals surface area contributed by atoms with Crippen molar-refractivity contribution in [2.45, 2.75) is 31.4 Å². The lowest BCUT2D eigenvalue weighted by atomic mass is 9.72. The maximum atomic E-state index is 10.2. The van der Waals surface area contributed by atoms with Crippen LogP contribution in [-0.4, -0.2) is 36.5 Å². The van der Waals surface area contributed by atoms with E-state index in [2.05, 4.69) is 0 Å². The van der Waals surface area contributed by atoms with Gasteiger partial charge in [-0.25, -0.2) is 0 Å². The molecule has 0 heterocycles. The monoisotopic (exact) mass is 354 g/mol. The molecule has 1 saturated carbocycles. The van der Waals surface area contributed by atoms with E-state index in [0.29, 0.717) is 5.57 Å². The minimum atomic E-state index is -1.50. The first-order valence-corrected chi connectivity index (χ1v) is 7.58. The fourth-order valence-electron chi connectivity index (χ4n) is 3.22. The maximum absolute atomic E-state index is 10.2. The Kier molecular flexibility index (Phi) is 2.96. The van der Waals surface area contributed by atoms with E-state index >= 15 is 0 Å². The zero-order valence-electron chi connectivity index (χ0n) is 8.26. The lowest BCUT2D eigenvalue weighted by Crippen LogP contribution is -2.64. The van der Waals surface area contributed by atoms with Crippen LogP contribution in [0.4, 0.5) is 0 Å². The van der Waals surface area contributed by atoms with Crippen LogP contribution in [0.25, 0.3) is 0 Å². The van der Waals surface area contributed by atoms with E-state index in [0.717, 1.165) is 0 Å². The van der Waals surface area contributed by atoms with Crippen molar-refractivity contribution in [3.8, 4) is 0 Å². The van der Waals surface area contributed by atoms with Crippen LogP contribution in [0.2, 0.25) is 0 Å². The first-order chi connectivity index (χ1) is 7.74. The van der Waals surface area contributed by atoms with Crippen molar-refractivity contribution in [2.24, 2.45) is 11.8 Å². The Hall–Kier alpha value is 1.44. The molecule has 0 spiro atoms. The normalized spacial score (nSPS) is 59.4. The molecule has 0 aliphatic heterocycles. The standard InChI is InChI=1S/C10H8Cl6O/c11-5-4-2-1-3(6(4)17)10(15,16)9(14,7(2)12)8(5)13/h1-2,4-8,17H/t2-,4+,5+,6-,7-,8?,9?/m0/s1. The van der Waals surface area contributed by atoms with Crippen molar-refractivity contribution in [3.05, 3.63) is 11.6 Å². The van der Waals surface area contributed by atoms with Gasteiger partial charge in [-0.1, -0.05) is 29.3 Å². The number of rotatable bonds is 0. The molecule has 7 heteroatoms. The minimum absolute atomic E-state index is 0.137. The summed E-state index contributed by atoms with van der Waals surface area (Å²) in [7, 11) is 0. The molecule has 3 rings (SSSR count). The Morgan fingerprint density at radius 1 is 1.06 bits per heavy atom. The van der Waals surface area contributed by atoms with Crippen LogP contribution in [0.1, 0.15) is 0 Å². The van der Waals surface area contributed by atoms with E-state index in [1.165, 1.54) is 0 Å². The van der Waals surface area contributed by atoms with Gasteiger partial charge in [-0.15, -0.1) is 46.4 Å². The number of hydrogen-bond acceptors (Lipinski definition) is 1. The first-order valence-electron chi connectivity index (χ1n) is 5.13. The number of fused-ring (bicyclic) bond motifs is 1. The Bertz CT molecular complexity index is 410. The van der Waals surface area contributed by atoms with Crippen molar-refractivity contribution in [1.29, 1.82) is 0 Å². The second-order valence-corrected chi connectivity index (χ2v) is 8.21. The lowest BCUT2D eigenvalue weighted by molar-refractivity contribution is 0.122. The number of alkyl halides is 6. The molecule has 0 saturated heterocycles. The third-order valence-corrected chi connectivity index (χ3v) is 8.29. The van der Waals surface area contributed by atoms with Gasteiger partial charge in [-0.3, -0.25) is 0 Å². The first kappa shape index (κ1) is 13.4. The van der Waals surface area contributed by atoms with Gasteiger partial charge in [0, 0.05) is 11.8 Å². The largest absolute Gasteiger partial charge is 0.388 e. The molecule has 96 valence electrons. The molecule has 7 atom stereocenters. The molecule has 1 fully saturated rings. The minimum Gasteiger partial charge on any atom is -0.388 e. The lowest BCUT2D eigenvalue weighted by Gasteiger charge is -2.52. The highest BCUT2D eigenvalue weighted by atomic mass is 35.5. The average molecular weight is 357 g/mol. The molecular formula is C10H8Cl6O. The van der Waals surface area contributed by atoms with Gasteiger partial charge in [0.1, 0.15) is 4.87 Å². The van der Waals surface area contributed by atoms with E-state index in [1.54, 1.807) is 6.08 Å². The molecule has 3 bridgehead atoms. The molecule has 3 aliphatic rings. The molecule has 0 aromatic carbocycles. The zero-order valence-corrected chi connectivity index (χ0v) is 12.8. The molecule has 0 radical (unpaired) electrons. The molecule has 2 unspecified atom stereocenters. The smallest absolute Gasteiger partial charge is 0.163 e. The third kappa shape index (κ3) is 1.31. The summed E-state index contributed by atoms with van der Waals surface area (Å²) in [4.78, 5) is -1.27. The Morgan fingerprint density at radius 2 is 1.65 bits per heavy atom. The third-order valence-electron chi connectivity index (χ3n) is 4.13. The van der Waals surface area contributed by atoms with Gasteiger partial charge in [0.05, 0.1) is 22.2 Å². The summed E-state index contributed by atoms with van der Waals surface area (Å²) in [5.41, 5.74) is 0.483. The van der Waals surface area contributed by atoms with Gasteiger partial charge < -0.3 is 5.11 Å². The Balaban J connectivity index is 2.26. The molecule has 1 N–H and O–H groups in total. The van der Waals surface area contributed by atoms with Crippen LogP contribution in [0.3, 0.4) is 0 Å². The zero-order chi connectivity index (χ0) is 12.7. The van der Waals surface area contributed by atoms with Gasteiger partial charge in [0.25, 0.3) is 0 Å². The van der Waals surface area contributed by atoms with Crippen molar-refractivity contribution in [3.63, 3.8) is 0 Å². The number of hydrogen-bond donors (Lipinski definition) is 1. The number of allylic oxidation sites excluding steroid dienone is 1. The second-order valence-electron chi connectivity index (χ2n) is 4.81. The molecule has 0 aromatic heterocycles. The predicted molar refractivity (Wildman–Crippen MR) is 73.0 cm³/mol. The van der Waals surface area contributed by atoms with Crippen LogP contribution in [-0.2, 0) is 0 Å². The van der Waals surface area contributed by atoms with Gasteiger partial charge in [0.2, 0.25) is 0 Å². The molecule has 0 amide bonds. The van der Waals surface area contributed by atoms with E-state index in [9.17, 15) is 5.11 Å². The van der Waals surface area contributed by atoms with Gasteiger partial charge in [0.15, 0.2) is 4.33 Å². The quantitative estimate of drug-likeness (QED) is 0.520. The molecular weight excluding hydrogens is 349 g/mol. The second kappa shape index (κ2) is 3.75. The van der Waals surface area contributed by atoms with Crippen LogP contribution in [0.5, 0.6) is 0 Å². The van der Waals surface area contributed by atoms with Crippen LogP contribution in [0.15, 0.2) is 11.6 Å². The molecule has 17 heavy (non-hydrogen) atoms. The molecule has 0 aromatic rings. The van der Waals surface area contributed by atoms with Gasteiger partial charge in [-0.2, -0.15) is 0 Å². The number of aliphatic hydroxyl groups is 1. The van der Waals surface area contributed by atoms with Gasteiger partial charge in [-0.05, 0) is 5.57 Å². The summed E-state index contributed by atoms with van der Waals surface area (Å²) in [5, 5.41) is 8.47. The van der Waals surface area contributed by atoms with Crippen LogP contribution in [0, 0.1) is 11.8 Å². The topological polar surface area (TPSA) is 20.2 Å². The van der Waals surface area contributed by atoms with Crippen molar-refractivity contribution in [1.82, 2.24) is 0 Å². The Morgan fingerprint density at radius 3 is 2.24 bits per heavy atom. The van der Waals surface area contributed by atoms with Gasteiger partial charge >= 0.3 is 0 Å². The summed E-state index contributed by atoms with van der Waals surface area (Å²) >= 11 is 38.1. The SMILES string of the molecule is O[C@H]1C2=C[C@H]3[C@@H]1[C@@H](Cl)C(Cl)C(Cl)([C@H]3Cl)C2(Cl)Cl. The molecule has 3 aliphatic carbocycles. The average Bonchev–Trinajstić information content (AvgIpc) is 2.57. The van der Waals surface area contributed by atoms with Crippen LogP contribution < -0.4 is 0 Å². The number of aliphatic hydroxyl groups excluding tert-OH is 1. The summed E-state index contributed by atoms with van der Waals surface area (Å²) < 4.78 is -1.50. The fraction of sp³-hybridized carbons (Fsp3) is 0.800. The highest BCUT2D eigenvalue weighted by Gasteiger charge is 2.74. The Labute approximate surface area is 129 Å². The summed E-state index contributed by atoms with van der Waals surface area (Å²) in [6.45, 7) is 0. The number of halogens is 6. The van der Waals surface area contributed by atoms with Crippen LogP contribution >= 0.6 is 69.6 Å². The summed E-state index contributed by atoms with van der Waals surface area (Å²) in [6.07, 6.45) is 0.967. The van der Waals surface area contributed by atoms with Crippen molar-refractivity contribution in [2.75, 3.05) is 0 Å². The fourth-order valence-corrected chi connectivity index (χ4v) is 6.29. The van der Waals surface area contributed by atoms with E-state index in [-0.39, 0.29) is 11.8 Å².